The largest absolute Gasteiger partial charge is 0.355 e. The number of carbonyl (C=O) groups excluding carboxylic acids is 2. The van der Waals surface area contributed by atoms with Gasteiger partial charge in [-0.05, 0) is 45.8 Å². The Morgan fingerprint density at radius 3 is 2.53 bits per heavy atom. The van der Waals surface area contributed by atoms with E-state index in [0.717, 1.165) is 29.9 Å². The van der Waals surface area contributed by atoms with Crippen molar-refractivity contribution in [3.05, 3.63) is 58.4 Å². The summed E-state index contributed by atoms with van der Waals surface area (Å²) in [5, 5.41) is 7.52. The van der Waals surface area contributed by atoms with Crippen molar-refractivity contribution in [2.75, 3.05) is 39.3 Å². The highest BCUT2D eigenvalue weighted by Crippen LogP contribution is 2.17. The summed E-state index contributed by atoms with van der Waals surface area (Å²) in [6.07, 6.45) is 4.42. The quantitative estimate of drug-likeness (QED) is 0.676. The normalized spacial score (nSPS) is 15.2. The van der Waals surface area contributed by atoms with Gasteiger partial charge in [0.05, 0.1) is 18.8 Å². The second kappa shape index (κ2) is 11.1. The number of amides is 2. The van der Waals surface area contributed by atoms with Crippen molar-refractivity contribution in [3.8, 4) is 0 Å². The van der Waals surface area contributed by atoms with Crippen LogP contribution in [-0.2, 0) is 16.1 Å². The fourth-order valence-electron chi connectivity index (χ4n) is 4.04. The standard InChI is InChI=1S/C25H35N5O2/c1-5-26-24(31)18-28-13-6-14-29(16-15-28)25(32)12-11-23-20(3)27-30(21(23)4)17-22-9-7-19(2)8-10-22/h7-12H,5-6,13-18H2,1-4H3,(H,26,31)/b12-11+. The van der Waals surface area contributed by atoms with E-state index in [9.17, 15) is 9.59 Å². The summed E-state index contributed by atoms with van der Waals surface area (Å²) >= 11 is 0. The van der Waals surface area contributed by atoms with E-state index >= 15 is 0 Å². The highest BCUT2D eigenvalue weighted by atomic mass is 16.2. The minimum absolute atomic E-state index is 0.00921. The van der Waals surface area contributed by atoms with E-state index in [1.807, 2.05) is 36.4 Å². The molecule has 2 aromatic rings. The number of hydrogen-bond donors (Lipinski definition) is 1. The third-order valence-corrected chi connectivity index (χ3v) is 5.92. The van der Waals surface area contributed by atoms with Gasteiger partial charge in [-0.15, -0.1) is 0 Å². The first-order valence-corrected chi connectivity index (χ1v) is 11.4. The van der Waals surface area contributed by atoms with E-state index in [1.165, 1.54) is 11.1 Å². The van der Waals surface area contributed by atoms with E-state index in [2.05, 4.69) is 46.5 Å². The summed E-state index contributed by atoms with van der Waals surface area (Å²) in [6, 6.07) is 8.47. The summed E-state index contributed by atoms with van der Waals surface area (Å²) < 4.78 is 2.00. The highest BCUT2D eigenvalue weighted by molar-refractivity contribution is 5.92. The van der Waals surface area contributed by atoms with Crippen LogP contribution >= 0.6 is 0 Å². The molecule has 0 saturated carbocycles. The van der Waals surface area contributed by atoms with E-state index in [0.29, 0.717) is 39.3 Å². The van der Waals surface area contributed by atoms with Gasteiger partial charge >= 0.3 is 0 Å². The van der Waals surface area contributed by atoms with E-state index in [-0.39, 0.29) is 11.8 Å². The van der Waals surface area contributed by atoms with E-state index < -0.39 is 0 Å². The van der Waals surface area contributed by atoms with Gasteiger partial charge in [0.2, 0.25) is 11.8 Å². The molecule has 1 aromatic heterocycles. The molecule has 1 saturated heterocycles. The highest BCUT2D eigenvalue weighted by Gasteiger charge is 2.19. The molecular weight excluding hydrogens is 402 g/mol. The number of aromatic nitrogens is 2. The van der Waals surface area contributed by atoms with Crippen molar-refractivity contribution in [3.63, 3.8) is 0 Å². The van der Waals surface area contributed by atoms with Gasteiger partial charge in [0.25, 0.3) is 0 Å². The maximum atomic E-state index is 12.8. The molecule has 2 heterocycles. The van der Waals surface area contributed by atoms with Crippen LogP contribution in [0, 0.1) is 20.8 Å². The van der Waals surface area contributed by atoms with Gasteiger partial charge in [0.15, 0.2) is 0 Å². The van der Waals surface area contributed by atoms with Gasteiger partial charge in [-0.25, -0.2) is 0 Å². The zero-order chi connectivity index (χ0) is 23.1. The van der Waals surface area contributed by atoms with Gasteiger partial charge in [-0.3, -0.25) is 19.2 Å². The minimum Gasteiger partial charge on any atom is -0.355 e. The SMILES string of the molecule is CCNC(=O)CN1CCCN(C(=O)/C=C/c2c(C)nn(Cc3ccc(C)cc3)c2C)CC1. The van der Waals surface area contributed by atoms with Crippen LogP contribution in [0.5, 0.6) is 0 Å². The molecule has 0 spiro atoms. The fraction of sp³-hybridized carbons (Fsp3) is 0.480. The molecular formula is C25H35N5O2. The summed E-state index contributed by atoms with van der Waals surface area (Å²) in [4.78, 5) is 28.7. The van der Waals surface area contributed by atoms with Gasteiger partial charge in [0, 0.05) is 50.1 Å². The zero-order valence-corrected chi connectivity index (χ0v) is 19.7. The Bertz CT molecular complexity index is 961. The van der Waals surface area contributed by atoms with Crippen molar-refractivity contribution in [1.29, 1.82) is 0 Å². The van der Waals surface area contributed by atoms with Crippen LogP contribution in [0.1, 0.15) is 41.4 Å². The van der Waals surface area contributed by atoms with E-state index in [1.54, 1.807) is 6.08 Å². The van der Waals surface area contributed by atoms with Gasteiger partial charge in [0.1, 0.15) is 0 Å². The number of carbonyl (C=O) groups is 2. The Morgan fingerprint density at radius 1 is 1.06 bits per heavy atom. The molecule has 0 unspecified atom stereocenters. The number of aryl methyl sites for hydroxylation is 2. The molecule has 1 aliphatic heterocycles. The third-order valence-electron chi connectivity index (χ3n) is 5.92. The fourth-order valence-corrected chi connectivity index (χ4v) is 4.04. The van der Waals surface area contributed by atoms with Crippen LogP contribution in [-0.4, -0.2) is 70.7 Å². The van der Waals surface area contributed by atoms with Crippen LogP contribution in [0.2, 0.25) is 0 Å². The molecule has 1 N–H and O–H groups in total. The molecule has 7 nitrogen and oxygen atoms in total. The van der Waals surface area contributed by atoms with Gasteiger partial charge < -0.3 is 10.2 Å². The number of likely N-dealkylation sites (N-methyl/N-ethyl adjacent to an activating group) is 1. The lowest BCUT2D eigenvalue weighted by molar-refractivity contribution is -0.125. The van der Waals surface area contributed by atoms with Crippen LogP contribution in [0.25, 0.3) is 6.08 Å². The molecule has 3 rings (SSSR count). The van der Waals surface area contributed by atoms with Crippen LogP contribution in [0.15, 0.2) is 30.3 Å². The lowest BCUT2D eigenvalue weighted by Crippen LogP contribution is -2.39. The summed E-state index contributed by atoms with van der Waals surface area (Å²) in [5.74, 6) is 0.0516. The first-order chi connectivity index (χ1) is 15.4. The summed E-state index contributed by atoms with van der Waals surface area (Å²) in [6.45, 7) is 12.7. The molecule has 1 fully saturated rings. The topological polar surface area (TPSA) is 70.5 Å². The molecule has 7 heteroatoms. The number of hydrogen-bond acceptors (Lipinski definition) is 4. The molecule has 1 aliphatic rings. The van der Waals surface area contributed by atoms with Crippen molar-refractivity contribution in [2.45, 2.75) is 40.7 Å². The number of nitrogens with one attached hydrogen (secondary N) is 1. The Kier molecular flexibility index (Phi) is 8.22. The van der Waals surface area contributed by atoms with Crippen molar-refractivity contribution >= 4 is 17.9 Å². The van der Waals surface area contributed by atoms with Crippen LogP contribution < -0.4 is 5.32 Å². The second-order valence-corrected chi connectivity index (χ2v) is 8.47. The van der Waals surface area contributed by atoms with Crippen molar-refractivity contribution in [2.24, 2.45) is 0 Å². The molecule has 0 radical (unpaired) electrons. The first kappa shape index (κ1) is 23.7. The second-order valence-electron chi connectivity index (χ2n) is 8.47. The predicted octanol–water partition coefficient (Wildman–Crippen LogP) is 2.54. The van der Waals surface area contributed by atoms with Crippen molar-refractivity contribution in [1.82, 2.24) is 24.9 Å². The smallest absolute Gasteiger partial charge is 0.246 e. The van der Waals surface area contributed by atoms with Gasteiger partial charge in [-0.2, -0.15) is 5.10 Å². The zero-order valence-electron chi connectivity index (χ0n) is 19.7. The molecule has 0 atom stereocenters. The minimum atomic E-state index is 0.00921. The van der Waals surface area contributed by atoms with Crippen LogP contribution in [0.4, 0.5) is 0 Å². The Balaban J connectivity index is 1.61. The number of nitrogens with zero attached hydrogens (tertiary/aromatic N) is 4. The van der Waals surface area contributed by atoms with Gasteiger partial charge in [-0.1, -0.05) is 29.8 Å². The molecule has 1 aromatic carbocycles. The Morgan fingerprint density at radius 2 is 1.81 bits per heavy atom. The maximum absolute atomic E-state index is 12.8. The van der Waals surface area contributed by atoms with Crippen molar-refractivity contribution < 1.29 is 9.59 Å². The monoisotopic (exact) mass is 437 g/mol. The van der Waals surface area contributed by atoms with E-state index in [4.69, 9.17) is 0 Å². The average molecular weight is 438 g/mol. The molecule has 0 bridgehead atoms. The Hall–Kier alpha value is -2.93. The lowest BCUT2D eigenvalue weighted by Gasteiger charge is -2.20. The summed E-state index contributed by atoms with van der Waals surface area (Å²) in [7, 11) is 0. The number of rotatable bonds is 7. The summed E-state index contributed by atoms with van der Waals surface area (Å²) in [5.41, 5.74) is 5.41. The van der Waals surface area contributed by atoms with Crippen LogP contribution in [0.3, 0.4) is 0 Å². The molecule has 0 aliphatic carbocycles. The lowest BCUT2D eigenvalue weighted by atomic mass is 10.1. The molecule has 172 valence electrons. The third kappa shape index (κ3) is 6.29. The first-order valence-electron chi connectivity index (χ1n) is 11.4. The average Bonchev–Trinajstić information content (AvgIpc) is 2.91. The predicted molar refractivity (Wildman–Crippen MR) is 127 cm³/mol. The maximum Gasteiger partial charge on any atom is 0.246 e. The molecule has 32 heavy (non-hydrogen) atoms. The Labute approximate surface area is 191 Å². The molecule has 2 amide bonds. The number of benzene rings is 1.